The second-order valence-electron chi connectivity index (χ2n) is 9.58. The first-order chi connectivity index (χ1) is 18.7. The molecule has 0 spiro atoms. The molecule has 1 aliphatic rings. The molecule has 3 aromatic rings. The fourth-order valence-corrected chi connectivity index (χ4v) is 5.31. The number of rotatable bonds is 8. The Bertz CT molecular complexity index is 1480. The van der Waals surface area contributed by atoms with Crippen LogP contribution in [0.3, 0.4) is 0 Å². The lowest BCUT2D eigenvalue weighted by atomic mass is 9.96. The third kappa shape index (κ3) is 5.46. The van der Waals surface area contributed by atoms with Crippen LogP contribution in [0.5, 0.6) is 5.88 Å². The molecule has 7 nitrogen and oxygen atoms in total. The number of hydrogen-bond acceptors (Lipinski definition) is 5. The lowest BCUT2D eigenvalue weighted by molar-refractivity contribution is -0.127. The summed E-state index contributed by atoms with van der Waals surface area (Å²) in [5.74, 6) is -0.310. The maximum atomic E-state index is 13.0. The molecule has 1 aromatic heterocycles. The summed E-state index contributed by atoms with van der Waals surface area (Å²) in [6.45, 7) is 5.54. The number of amides is 2. The van der Waals surface area contributed by atoms with E-state index in [0.717, 1.165) is 46.4 Å². The minimum atomic E-state index is -0.511. The predicted molar refractivity (Wildman–Crippen MR) is 157 cm³/mol. The van der Waals surface area contributed by atoms with Crippen LogP contribution in [0.4, 0.5) is 5.69 Å². The zero-order chi connectivity index (χ0) is 28.3. The summed E-state index contributed by atoms with van der Waals surface area (Å²) < 4.78 is 5.67. The summed E-state index contributed by atoms with van der Waals surface area (Å²) in [6, 6.07) is 13.7. The van der Waals surface area contributed by atoms with Crippen LogP contribution in [0.15, 0.2) is 66.8 Å². The number of carbonyl (C=O) groups is 2. The van der Waals surface area contributed by atoms with Gasteiger partial charge in [0.05, 0.1) is 17.8 Å². The van der Waals surface area contributed by atoms with Crippen molar-refractivity contribution in [1.82, 2.24) is 15.2 Å². The summed E-state index contributed by atoms with van der Waals surface area (Å²) in [5.41, 5.74) is 6.91. The second-order valence-corrected chi connectivity index (χ2v) is 9.96. The van der Waals surface area contributed by atoms with E-state index in [9.17, 15) is 9.59 Å². The first-order valence-electron chi connectivity index (χ1n) is 12.7. The molecular formula is C31H33ClN4O3. The first kappa shape index (κ1) is 28.1. The predicted octanol–water partition coefficient (Wildman–Crippen LogP) is 5.73. The van der Waals surface area contributed by atoms with E-state index >= 15 is 0 Å². The van der Waals surface area contributed by atoms with Crippen LogP contribution in [-0.4, -0.2) is 50.0 Å². The molecule has 0 radical (unpaired) electrons. The van der Waals surface area contributed by atoms with Crippen molar-refractivity contribution in [1.29, 1.82) is 0 Å². The van der Waals surface area contributed by atoms with Gasteiger partial charge < -0.3 is 20.3 Å². The summed E-state index contributed by atoms with van der Waals surface area (Å²) >= 11 is 7.03. The number of anilines is 1. The number of carbonyl (C=O) groups excluding carboxylic acids is 2. The number of methoxy groups -OCH3 is 1. The molecule has 0 saturated carbocycles. The van der Waals surface area contributed by atoms with E-state index in [1.54, 1.807) is 27.3 Å². The third-order valence-corrected chi connectivity index (χ3v) is 7.42. The fourth-order valence-electron chi connectivity index (χ4n) is 4.98. The molecule has 1 unspecified atom stereocenters. The molecule has 0 saturated heterocycles. The van der Waals surface area contributed by atoms with Gasteiger partial charge in [0.15, 0.2) is 0 Å². The van der Waals surface area contributed by atoms with Gasteiger partial charge in [0.25, 0.3) is 11.8 Å². The van der Waals surface area contributed by atoms with E-state index in [1.807, 2.05) is 44.3 Å². The van der Waals surface area contributed by atoms with Crippen molar-refractivity contribution in [3.8, 4) is 28.3 Å². The number of nitrogens with zero attached hydrogens (tertiary/aromatic N) is 2. The lowest BCUT2D eigenvalue weighted by Crippen LogP contribution is -2.30. The minimum absolute atomic E-state index is 0.00280. The highest BCUT2D eigenvalue weighted by Crippen LogP contribution is 2.42. The van der Waals surface area contributed by atoms with Gasteiger partial charge in [-0.15, -0.1) is 0 Å². The molecular weight excluding hydrogens is 512 g/mol. The van der Waals surface area contributed by atoms with Crippen molar-refractivity contribution in [2.24, 2.45) is 0 Å². The molecule has 1 aliphatic carbocycles. The number of likely N-dealkylation sites (N-methyl/N-ethyl adjacent to an activating group) is 1. The summed E-state index contributed by atoms with van der Waals surface area (Å²) in [5, 5.41) is 6.77. The smallest absolute Gasteiger partial charge is 0.261 e. The standard InChI is InChI=1S/C31H33ClN4O3/c1-7-10-23(31(38)36(4)5)29(37)34-24-14-9-11-20(18(24)2)21-12-8-13-22(28(21)32)26-17-19-15-16-25(33-3)27(19)30(35-26)39-6/h7-14,17,25,33H,1,15-16H2,2-6H3,(H,34,37)/b23-10-. The van der Waals surface area contributed by atoms with E-state index in [1.165, 1.54) is 22.6 Å². The van der Waals surface area contributed by atoms with Crippen molar-refractivity contribution < 1.29 is 14.3 Å². The Balaban J connectivity index is 1.73. The Morgan fingerprint density at radius 1 is 1.15 bits per heavy atom. The van der Waals surface area contributed by atoms with Gasteiger partial charge in [-0.1, -0.05) is 54.6 Å². The highest BCUT2D eigenvalue weighted by Gasteiger charge is 2.28. The lowest BCUT2D eigenvalue weighted by Gasteiger charge is -2.18. The van der Waals surface area contributed by atoms with Crippen LogP contribution >= 0.6 is 11.6 Å². The molecule has 8 heteroatoms. The van der Waals surface area contributed by atoms with Crippen molar-refractivity contribution in [3.05, 3.63) is 88.5 Å². The molecule has 2 amide bonds. The molecule has 1 atom stereocenters. The maximum absolute atomic E-state index is 13.0. The monoisotopic (exact) mass is 544 g/mol. The average Bonchev–Trinajstić information content (AvgIpc) is 3.35. The number of pyridine rings is 1. The number of hydrogen-bond donors (Lipinski definition) is 2. The van der Waals surface area contributed by atoms with Crippen LogP contribution in [0, 0.1) is 6.92 Å². The molecule has 4 rings (SSSR count). The number of fused-ring (bicyclic) bond motifs is 1. The number of aromatic nitrogens is 1. The zero-order valence-corrected chi connectivity index (χ0v) is 23.6. The third-order valence-electron chi connectivity index (χ3n) is 7.01. The van der Waals surface area contributed by atoms with Gasteiger partial charge in [0, 0.05) is 42.5 Å². The minimum Gasteiger partial charge on any atom is -0.481 e. The number of ether oxygens (including phenoxy) is 1. The summed E-state index contributed by atoms with van der Waals surface area (Å²) in [4.78, 5) is 31.7. The summed E-state index contributed by atoms with van der Waals surface area (Å²) in [6.07, 6.45) is 4.76. The van der Waals surface area contributed by atoms with E-state index in [-0.39, 0.29) is 11.6 Å². The number of benzene rings is 2. The zero-order valence-electron chi connectivity index (χ0n) is 22.9. The Labute approximate surface area is 234 Å². The van der Waals surface area contributed by atoms with E-state index in [0.29, 0.717) is 16.6 Å². The molecule has 0 aliphatic heterocycles. The molecule has 0 bridgehead atoms. The topological polar surface area (TPSA) is 83.6 Å². The summed E-state index contributed by atoms with van der Waals surface area (Å²) in [7, 11) is 6.78. The first-order valence-corrected chi connectivity index (χ1v) is 13.1. The number of nitrogens with one attached hydrogen (secondary N) is 2. The van der Waals surface area contributed by atoms with Gasteiger partial charge in [-0.3, -0.25) is 9.59 Å². The SMILES string of the molecule is C=C/C=C(/C(=O)Nc1cccc(-c2cccc(-c3cc4c(c(OC)n3)C(NC)CC4)c2Cl)c1C)C(=O)N(C)C. The molecule has 1 heterocycles. The van der Waals surface area contributed by atoms with Crippen LogP contribution in [0.2, 0.25) is 5.02 Å². The van der Waals surface area contributed by atoms with Crippen LogP contribution < -0.4 is 15.4 Å². The van der Waals surface area contributed by atoms with Gasteiger partial charge in [0.1, 0.15) is 5.57 Å². The molecule has 2 aromatic carbocycles. The fraction of sp³-hybridized carbons (Fsp3) is 0.258. The van der Waals surface area contributed by atoms with Gasteiger partial charge in [0.2, 0.25) is 5.88 Å². The Morgan fingerprint density at radius 2 is 1.85 bits per heavy atom. The number of allylic oxidation sites excluding steroid dienone is 2. The van der Waals surface area contributed by atoms with E-state index in [4.69, 9.17) is 21.3 Å². The normalized spacial score (nSPS) is 14.5. The average molecular weight is 545 g/mol. The van der Waals surface area contributed by atoms with Gasteiger partial charge in [-0.25, -0.2) is 4.98 Å². The highest BCUT2D eigenvalue weighted by molar-refractivity contribution is 6.36. The Kier molecular flexibility index (Phi) is 8.53. The quantitative estimate of drug-likeness (QED) is 0.164. The highest BCUT2D eigenvalue weighted by atomic mass is 35.5. The van der Waals surface area contributed by atoms with E-state index in [2.05, 4.69) is 23.3 Å². The van der Waals surface area contributed by atoms with Gasteiger partial charge in [-0.05, 0) is 61.7 Å². The van der Waals surface area contributed by atoms with Crippen LogP contribution in [0.1, 0.15) is 29.2 Å². The Hall–Kier alpha value is -3.94. The van der Waals surface area contributed by atoms with Gasteiger partial charge >= 0.3 is 0 Å². The van der Waals surface area contributed by atoms with Crippen molar-refractivity contribution in [2.75, 3.05) is 33.6 Å². The van der Waals surface area contributed by atoms with Crippen molar-refractivity contribution >= 4 is 29.1 Å². The number of aryl methyl sites for hydroxylation is 1. The van der Waals surface area contributed by atoms with Crippen LogP contribution in [-0.2, 0) is 16.0 Å². The number of halogens is 1. The van der Waals surface area contributed by atoms with Crippen molar-refractivity contribution in [3.63, 3.8) is 0 Å². The van der Waals surface area contributed by atoms with E-state index < -0.39 is 11.8 Å². The Morgan fingerprint density at radius 3 is 2.51 bits per heavy atom. The second kappa shape index (κ2) is 11.8. The molecule has 0 fully saturated rings. The van der Waals surface area contributed by atoms with Crippen LogP contribution in [0.25, 0.3) is 22.4 Å². The molecule has 2 N–H and O–H groups in total. The maximum Gasteiger partial charge on any atom is 0.261 e. The van der Waals surface area contributed by atoms with Gasteiger partial charge in [-0.2, -0.15) is 0 Å². The molecule has 39 heavy (non-hydrogen) atoms. The largest absolute Gasteiger partial charge is 0.481 e. The molecule has 202 valence electrons. The van der Waals surface area contributed by atoms with Crippen molar-refractivity contribution in [2.45, 2.75) is 25.8 Å².